The second kappa shape index (κ2) is 10.6. The maximum absolute atomic E-state index is 13.3. The highest BCUT2D eigenvalue weighted by Gasteiger charge is 2.35. The highest BCUT2D eigenvalue weighted by atomic mass is 19.4. The number of rotatable bonds is 2. The van der Waals surface area contributed by atoms with Crippen LogP contribution in [0.15, 0.2) is 30.7 Å². The van der Waals surface area contributed by atoms with Gasteiger partial charge in [0.15, 0.2) is 0 Å². The maximum atomic E-state index is 13.3. The van der Waals surface area contributed by atoms with Crippen molar-refractivity contribution in [1.82, 2.24) is 30.0 Å². The minimum atomic E-state index is -4.63. The maximum Gasteiger partial charge on any atom is 0.416 e. The Hall–Kier alpha value is -3.61. The number of aromatic amines is 1. The molecule has 0 unspecified atom stereocenters. The lowest BCUT2D eigenvalue weighted by molar-refractivity contribution is -0.143. The summed E-state index contributed by atoms with van der Waals surface area (Å²) in [6.07, 6.45) is -1.49. The third-order valence-electron chi connectivity index (χ3n) is 6.25. The van der Waals surface area contributed by atoms with Crippen molar-refractivity contribution < 1.29 is 32.3 Å². The Morgan fingerprint density at radius 1 is 1.22 bits per heavy atom. The van der Waals surface area contributed by atoms with Crippen molar-refractivity contribution >= 4 is 17.7 Å². The number of ether oxygens (including phenoxy) is 1. The predicted molar refractivity (Wildman–Crippen MR) is 121 cm³/mol. The summed E-state index contributed by atoms with van der Waals surface area (Å²) in [5, 5.41) is 2.63. The first-order chi connectivity index (χ1) is 17.1. The predicted octanol–water partition coefficient (Wildman–Crippen LogP) is 1.11. The molecule has 3 heterocycles. The van der Waals surface area contributed by atoms with E-state index in [-0.39, 0.29) is 55.9 Å². The minimum absolute atomic E-state index is 0.0265. The Bertz CT molecular complexity index is 1110. The molecule has 0 saturated carbocycles. The van der Waals surface area contributed by atoms with Crippen LogP contribution < -0.4 is 10.1 Å². The van der Waals surface area contributed by atoms with Crippen molar-refractivity contribution in [2.45, 2.75) is 25.7 Å². The number of H-pyrrole nitrogens is 1. The Kier molecular flexibility index (Phi) is 7.48. The molecule has 0 spiro atoms. The van der Waals surface area contributed by atoms with Crippen LogP contribution in [-0.2, 0) is 22.3 Å². The van der Waals surface area contributed by atoms with Crippen LogP contribution >= 0.6 is 0 Å². The molecule has 2 aliphatic rings. The monoisotopic (exact) mass is 508 g/mol. The van der Waals surface area contributed by atoms with Gasteiger partial charge in [0.2, 0.25) is 11.8 Å². The molecule has 2 aliphatic heterocycles. The first kappa shape index (κ1) is 25.5. The number of carbonyl (C=O) groups excluding carboxylic acids is 3. The molecule has 3 amide bonds. The lowest BCUT2D eigenvalue weighted by Gasteiger charge is -2.41. The van der Waals surface area contributed by atoms with Gasteiger partial charge in [-0.15, -0.1) is 0 Å². The molecular formula is C23H27F3N6O4. The Morgan fingerprint density at radius 2 is 2.03 bits per heavy atom. The summed E-state index contributed by atoms with van der Waals surface area (Å²) in [5.74, 6) is -1.07. The number of nitrogens with zero attached hydrogens (tertiary/aromatic N) is 4. The zero-order valence-corrected chi connectivity index (χ0v) is 19.7. The van der Waals surface area contributed by atoms with Gasteiger partial charge in [-0.05, 0) is 18.2 Å². The fourth-order valence-corrected chi connectivity index (χ4v) is 4.34. The third-order valence-corrected chi connectivity index (χ3v) is 6.25. The van der Waals surface area contributed by atoms with Crippen LogP contribution in [0.25, 0.3) is 0 Å². The molecule has 2 N–H and O–H groups in total. The zero-order valence-electron chi connectivity index (χ0n) is 19.7. The summed E-state index contributed by atoms with van der Waals surface area (Å²) >= 11 is 0. The second-order valence-corrected chi connectivity index (χ2v) is 8.77. The number of amides is 3. The van der Waals surface area contributed by atoms with Crippen molar-refractivity contribution in [3.05, 3.63) is 47.5 Å². The molecule has 13 heteroatoms. The standard InChI is InChI=1S/C23H27F3N6O4/c1-15(33)31-6-7-32-18(11-31)13-36-20-3-2-16(23(24,25)26)8-19(20)22(35)28-4-5-30(12-21(32)34)10-17-9-27-14-29-17/h2-3,8-9,14,18H,4-7,10-13H2,1H3,(H,27,29)(H,28,35)/t18-/m0/s1. The Morgan fingerprint density at radius 3 is 2.72 bits per heavy atom. The number of hydrogen-bond acceptors (Lipinski definition) is 6. The third kappa shape index (κ3) is 5.96. The van der Waals surface area contributed by atoms with E-state index < -0.39 is 23.7 Å². The number of aromatic nitrogens is 2. The van der Waals surface area contributed by atoms with E-state index in [0.717, 1.165) is 23.9 Å². The number of piperazine rings is 1. The SMILES string of the molecule is CC(=O)N1CCN2C(=O)CN(Cc3cnc[nH]3)CCNC(=O)c3cc(C(F)(F)F)ccc3OC[C@@H]2C1. The van der Waals surface area contributed by atoms with Crippen molar-refractivity contribution in [2.24, 2.45) is 0 Å². The summed E-state index contributed by atoms with van der Waals surface area (Å²) in [7, 11) is 0. The van der Waals surface area contributed by atoms with Gasteiger partial charge in [-0.2, -0.15) is 13.2 Å². The fraction of sp³-hybridized carbons (Fsp3) is 0.478. The van der Waals surface area contributed by atoms with Gasteiger partial charge in [0, 0.05) is 58.1 Å². The number of benzene rings is 1. The first-order valence-electron chi connectivity index (χ1n) is 11.5. The van der Waals surface area contributed by atoms with Crippen LogP contribution in [0.4, 0.5) is 13.2 Å². The number of halogens is 3. The van der Waals surface area contributed by atoms with Gasteiger partial charge in [-0.3, -0.25) is 19.3 Å². The highest BCUT2D eigenvalue weighted by Crippen LogP contribution is 2.33. The van der Waals surface area contributed by atoms with Crippen molar-refractivity contribution in [1.29, 1.82) is 0 Å². The number of alkyl halides is 3. The molecule has 194 valence electrons. The van der Waals surface area contributed by atoms with Crippen LogP contribution in [-0.4, -0.2) is 94.3 Å². The molecule has 1 aromatic heterocycles. The zero-order chi connectivity index (χ0) is 25.9. The number of fused-ring (bicyclic) bond motifs is 2. The molecule has 2 aromatic rings. The van der Waals surface area contributed by atoms with Gasteiger partial charge in [-0.1, -0.05) is 0 Å². The average Bonchev–Trinajstić information content (AvgIpc) is 3.34. The molecule has 10 nitrogen and oxygen atoms in total. The molecule has 36 heavy (non-hydrogen) atoms. The number of carbonyl (C=O) groups is 3. The van der Waals surface area contributed by atoms with Crippen LogP contribution in [0, 0.1) is 0 Å². The van der Waals surface area contributed by atoms with Gasteiger partial charge in [0.05, 0.1) is 30.0 Å². The van der Waals surface area contributed by atoms with Gasteiger partial charge in [-0.25, -0.2) is 4.98 Å². The molecule has 0 radical (unpaired) electrons. The number of imidazole rings is 1. The second-order valence-electron chi connectivity index (χ2n) is 8.77. The molecule has 4 rings (SSSR count). The number of hydrogen-bond donors (Lipinski definition) is 2. The van der Waals surface area contributed by atoms with Gasteiger partial charge >= 0.3 is 6.18 Å². The van der Waals surface area contributed by atoms with E-state index >= 15 is 0 Å². The molecular weight excluding hydrogens is 481 g/mol. The van der Waals surface area contributed by atoms with E-state index in [2.05, 4.69) is 15.3 Å². The van der Waals surface area contributed by atoms with Crippen molar-refractivity contribution in [3.63, 3.8) is 0 Å². The molecule has 1 saturated heterocycles. The van der Waals surface area contributed by atoms with Crippen molar-refractivity contribution in [3.8, 4) is 5.75 Å². The Labute approximate surface area is 205 Å². The largest absolute Gasteiger partial charge is 0.491 e. The first-order valence-corrected chi connectivity index (χ1v) is 11.5. The smallest absolute Gasteiger partial charge is 0.416 e. The van der Waals surface area contributed by atoms with Crippen LogP contribution in [0.1, 0.15) is 28.5 Å². The van der Waals surface area contributed by atoms with E-state index in [0.29, 0.717) is 19.6 Å². The topological polar surface area (TPSA) is 111 Å². The summed E-state index contributed by atoms with van der Waals surface area (Å²) in [4.78, 5) is 50.2. The molecule has 0 bridgehead atoms. The van der Waals surface area contributed by atoms with E-state index in [1.165, 1.54) is 13.3 Å². The molecule has 1 atom stereocenters. The lowest BCUT2D eigenvalue weighted by Crippen LogP contribution is -2.59. The Balaban J connectivity index is 1.65. The van der Waals surface area contributed by atoms with Crippen LogP contribution in [0.5, 0.6) is 5.75 Å². The highest BCUT2D eigenvalue weighted by molar-refractivity contribution is 5.97. The molecule has 0 aliphatic carbocycles. The lowest BCUT2D eigenvalue weighted by atomic mass is 10.1. The van der Waals surface area contributed by atoms with Crippen LogP contribution in [0.3, 0.4) is 0 Å². The van der Waals surface area contributed by atoms with Crippen molar-refractivity contribution in [2.75, 3.05) is 45.9 Å². The van der Waals surface area contributed by atoms with Gasteiger partial charge < -0.3 is 24.8 Å². The van der Waals surface area contributed by atoms with E-state index in [1.807, 2.05) is 4.90 Å². The van der Waals surface area contributed by atoms with Crippen LogP contribution in [0.2, 0.25) is 0 Å². The average molecular weight is 509 g/mol. The quantitative estimate of drug-likeness (QED) is 0.629. The number of nitrogens with one attached hydrogen (secondary N) is 2. The molecule has 1 fully saturated rings. The summed E-state index contributed by atoms with van der Waals surface area (Å²) in [5.41, 5.74) is -0.455. The van der Waals surface area contributed by atoms with E-state index in [4.69, 9.17) is 4.74 Å². The summed E-state index contributed by atoms with van der Waals surface area (Å²) in [6.45, 7) is 2.96. The summed E-state index contributed by atoms with van der Waals surface area (Å²) in [6, 6.07) is 2.18. The van der Waals surface area contributed by atoms with E-state index in [9.17, 15) is 27.6 Å². The normalized spacial score (nSPS) is 20.3. The molecule has 1 aromatic carbocycles. The fourth-order valence-electron chi connectivity index (χ4n) is 4.34. The van der Waals surface area contributed by atoms with E-state index in [1.54, 1.807) is 16.0 Å². The summed E-state index contributed by atoms with van der Waals surface area (Å²) < 4.78 is 45.8. The van der Waals surface area contributed by atoms with Gasteiger partial charge in [0.25, 0.3) is 5.91 Å². The minimum Gasteiger partial charge on any atom is -0.491 e. The van der Waals surface area contributed by atoms with Gasteiger partial charge in [0.1, 0.15) is 12.4 Å².